The zero-order valence-electron chi connectivity index (χ0n) is 6.27. The van der Waals surface area contributed by atoms with Crippen molar-refractivity contribution in [3.05, 3.63) is 29.8 Å². The van der Waals surface area contributed by atoms with Gasteiger partial charge in [0.2, 0.25) is 0 Å². The third kappa shape index (κ3) is 2.85. The number of hydrogen-bond donors (Lipinski definition) is 2. The van der Waals surface area contributed by atoms with Crippen molar-refractivity contribution in [1.29, 1.82) is 0 Å². The van der Waals surface area contributed by atoms with E-state index in [4.69, 9.17) is 10.0 Å². The third-order valence-corrected chi connectivity index (χ3v) is 1.97. The zero-order valence-corrected chi connectivity index (χ0v) is 7.86. The van der Waals surface area contributed by atoms with Crippen molar-refractivity contribution in [2.24, 2.45) is 0 Å². The van der Waals surface area contributed by atoms with Gasteiger partial charge in [-0.2, -0.15) is 0 Å². The number of benzene rings is 1. The van der Waals surface area contributed by atoms with E-state index < -0.39 is 7.32 Å². The molecule has 0 atom stereocenters. The van der Waals surface area contributed by atoms with Gasteiger partial charge in [0.05, 0.1) is 0 Å². The fourth-order valence-corrected chi connectivity index (χ4v) is 1.15. The Labute approximate surface area is 79.3 Å². The predicted octanol–water partition coefficient (Wildman–Crippen LogP) is 0.930. The summed E-state index contributed by atoms with van der Waals surface area (Å²) in [7, 11) is -1.75. The van der Waals surface area contributed by atoms with Gasteiger partial charge in [-0.25, -0.2) is 0 Å². The minimum absolute atomic E-state index is 0.440. The Balaban J connectivity index is 2.65. The van der Waals surface area contributed by atoms with Gasteiger partial charge in [-0.05, 0) is 17.7 Å². The minimum atomic E-state index is -1.75. The molecule has 0 spiro atoms. The minimum Gasteiger partial charge on any atom is -0.512 e. The van der Waals surface area contributed by atoms with Gasteiger partial charge in [0.1, 0.15) is 5.75 Å². The van der Waals surface area contributed by atoms with Crippen molar-refractivity contribution in [2.75, 3.05) is 0 Å². The number of rotatable bonds is 3. The maximum Gasteiger partial charge on any atom is 0.707 e. The van der Waals surface area contributed by atoms with Crippen LogP contribution in [0.25, 0.3) is 0 Å². The van der Waals surface area contributed by atoms with Crippen molar-refractivity contribution in [3.63, 3.8) is 0 Å². The molecule has 1 rings (SSSR count). The lowest BCUT2D eigenvalue weighted by atomic mass is 10.2. The Morgan fingerprint density at radius 2 is 1.83 bits per heavy atom. The first-order valence-corrected chi connectivity index (χ1v) is 4.52. The van der Waals surface area contributed by atoms with Crippen LogP contribution in [0, 0.1) is 0 Å². The smallest absolute Gasteiger partial charge is 0.512 e. The summed E-state index contributed by atoms with van der Waals surface area (Å²) in [6.45, 7) is 0. The first-order chi connectivity index (χ1) is 5.72. The molecule has 0 aliphatic carbocycles. The molecule has 0 bridgehead atoms. The second kappa shape index (κ2) is 4.50. The number of halogens is 1. The summed E-state index contributed by atoms with van der Waals surface area (Å²) in [5.74, 6) is 0.440. The van der Waals surface area contributed by atoms with Crippen molar-refractivity contribution < 1.29 is 14.7 Å². The van der Waals surface area contributed by atoms with Crippen LogP contribution in [0.3, 0.4) is 0 Å². The van der Waals surface area contributed by atoms with Crippen LogP contribution >= 0.6 is 15.9 Å². The highest BCUT2D eigenvalue weighted by molar-refractivity contribution is 9.08. The van der Waals surface area contributed by atoms with Gasteiger partial charge in [0.25, 0.3) is 0 Å². The number of hydrogen-bond acceptors (Lipinski definition) is 3. The molecule has 0 radical (unpaired) electrons. The summed E-state index contributed by atoms with van der Waals surface area (Å²) in [5, 5.41) is 17.7. The SMILES string of the molecule is OB(O)Oc1ccc(CBr)cc1. The predicted molar refractivity (Wildman–Crippen MR) is 49.9 cm³/mol. The molecule has 2 N–H and O–H groups in total. The van der Waals surface area contributed by atoms with E-state index in [9.17, 15) is 0 Å². The Morgan fingerprint density at radius 3 is 2.25 bits per heavy atom. The molecule has 0 amide bonds. The molecule has 0 fully saturated rings. The van der Waals surface area contributed by atoms with E-state index in [1.54, 1.807) is 12.1 Å². The molecule has 64 valence electrons. The summed E-state index contributed by atoms with van der Waals surface area (Å²) in [6, 6.07) is 7.03. The molecule has 0 heterocycles. The fraction of sp³-hybridized carbons (Fsp3) is 0.143. The normalized spacial score (nSPS) is 9.58. The maximum absolute atomic E-state index is 8.46. The first-order valence-electron chi connectivity index (χ1n) is 3.40. The lowest BCUT2D eigenvalue weighted by molar-refractivity contribution is 0.288. The van der Waals surface area contributed by atoms with Crippen LogP contribution in [0.15, 0.2) is 24.3 Å². The number of alkyl halides is 1. The Morgan fingerprint density at radius 1 is 1.25 bits per heavy atom. The van der Waals surface area contributed by atoms with Crippen LogP contribution in [0.4, 0.5) is 0 Å². The van der Waals surface area contributed by atoms with Gasteiger partial charge in [-0.1, -0.05) is 28.1 Å². The molecular weight excluding hydrogens is 223 g/mol. The molecule has 1 aromatic carbocycles. The highest BCUT2D eigenvalue weighted by Gasteiger charge is 2.10. The van der Waals surface area contributed by atoms with Crippen molar-refractivity contribution in [3.8, 4) is 5.75 Å². The van der Waals surface area contributed by atoms with E-state index in [-0.39, 0.29) is 0 Å². The monoisotopic (exact) mass is 230 g/mol. The topological polar surface area (TPSA) is 49.7 Å². The molecule has 0 aliphatic rings. The second-order valence-electron chi connectivity index (χ2n) is 2.22. The van der Waals surface area contributed by atoms with E-state index in [1.165, 1.54) is 0 Å². The Kier molecular flexibility index (Phi) is 3.59. The average molecular weight is 231 g/mol. The van der Waals surface area contributed by atoms with Gasteiger partial charge in [0.15, 0.2) is 0 Å². The van der Waals surface area contributed by atoms with E-state index in [0.717, 1.165) is 10.9 Å². The molecule has 3 nitrogen and oxygen atoms in total. The molecule has 0 aromatic heterocycles. The van der Waals surface area contributed by atoms with E-state index in [2.05, 4.69) is 20.6 Å². The third-order valence-electron chi connectivity index (χ3n) is 1.32. The summed E-state index contributed by atoms with van der Waals surface area (Å²) < 4.78 is 4.61. The van der Waals surface area contributed by atoms with Crippen molar-refractivity contribution >= 4 is 23.3 Å². The second-order valence-corrected chi connectivity index (χ2v) is 2.78. The molecular formula is C7H8BBrO3. The molecule has 0 saturated carbocycles. The molecule has 0 unspecified atom stereocenters. The standard InChI is InChI=1S/C7H8BBrO3/c9-5-6-1-3-7(4-2-6)12-8(10)11/h1-4,10-11H,5H2. The molecule has 5 heteroatoms. The van der Waals surface area contributed by atoms with Crippen LogP contribution in [-0.2, 0) is 5.33 Å². The lowest BCUT2D eigenvalue weighted by Crippen LogP contribution is -2.20. The quantitative estimate of drug-likeness (QED) is 0.600. The summed E-state index contributed by atoms with van der Waals surface area (Å²) in [5.41, 5.74) is 1.11. The summed E-state index contributed by atoms with van der Waals surface area (Å²) >= 11 is 3.29. The van der Waals surface area contributed by atoms with Gasteiger partial charge in [-0.15, -0.1) is 0 Å². The highest BCUT2D eigenvalue weighted by Crippen LogP contribution is 2.13. The molecule has 12 heavy (non-hydrogen) atoms. The maximum atomic E-state index is 8.46. The molecule has 0 saturated heterocycles. The van der Waals surface area contributed by atoms with Crippen LogP contribution in [0.5, 0.6) is 5.75 Å². The fourth-order valence-electron chi connectivity index (χ4n) is 0.779. The largest absolute Gasteiger partial charge is 0.707 e. The van der Waals surface area contributed by atoms with Gasteiger partial charge in [0, 0.05) is 5.33 Å². The first kappa shape index (κ1) is 9.57. The van der Waals surface area contributed by atoms with E-state index >= 15 is 0 Å². The Bertz CT molecular complexity index is 237. The van der Waals surface area contributed by atoms with Crippen LogP contribution in [0.2, 0.25) is 0 Å². The zero-order chi connectivity index (χ0) is 8.97. The van der Waals surface area contributed by atoms with E-state index in [0.29, 0.717) is 5.75 Å². The summed E-state index contributed by atoms with van der Waals surface area (Å²) in [4.78, 5) is 0. The highest BCUT2D eigenvalue weighted by atomic mass is 79.9. The van der Waals surface area contributed by atoms with Crippen LogP contribution < -0.4 is 4.65 Å². The summed E-state index contributed by atoms with van der Waals surface area (Å²) in [6.07, 6.45) is 0. The van der Waals surface area contributed by atoms with Crippen LogP contribution in [-0.4, -0.2) is 17.4 Å². The molecule has 0 aliphatic heterocycles. The van der Waals surface area contributed by atoms with Gasteiger partial charge >= 0.3 is 7.32 Å². The average Bonchev–Trinajstić information content (AvgIpc) is 2.05. The Hall–Kier alpha value is -0.515. The van der Waals surface area contributed by atoms with Gasteiger partial charge < -0.3 is 14.7 Å². The lowest BCUT2D eigenvalue weighted by Gasteiger charge is -2.04. The van der Waals surface area contributed by atoms with Crippen molar-refractivity contribution in [2.45, 2.75) is 5.33 Å². The van der Waals surface area contributed by atoms with Crippen molar-refractivity contribution in [1.82, 2.24) is 0 Å². The van der Waals surface area contributed by atoms with Gasteiger partial charge in [-0.3, -0.25) is 0 Å². The molecule has 1 aromatic rings. The van der Waals surface area contributed by atoms with E-state index in [1.807, 2.05) is 12.1 Å². The van der Waals surface area contributed by atoms with Crippen LogP contribution in [0.1, 0.15) is 5.56 Å².